The van der Waals surface area contributed by atoms with Crippen LogP contribution in [0.5, 0.6) is 17.2 Å². The number of carbonyl (C=O) groups is 2. The van der Waals surface area contributed by atoms with E-state index in [0.717, 1.165) is 30.0 Å². The molecule has 2 N–H and O–H groups in total. The maximum absolute atomic E-state index is 13.6. The van der Waals surface area contributed by atoms with Crippen molar-refractivity contribution in [2.24, 2.45) is 0 Å². The molecule has 43 heavy (non-hydrogen) atoms. The van der Waals surface area contributed by atoms with Gasteiger partial charge >= 0.3 is 0 Å². The highest BCUT2D eigenvalue weighted by Crippen LogP contribution is 2.42. The van der Waals surface area contributed by atoms with Crippen molar-refractivity contribution in [2.45, 2.75) is 32.1 Å². The van der Waals surface area contributed by atoms with Gasteiger partial charge in [0.25, 0.3) is 11.7 Å². The van der Waals surface area contributed by atoms with Crippen LogP contribution in [0.1, 0.15) is 35.2 Å². The molecule has 3 aromatic rings. The summed E-state index contributed by atoms with van der Waals surface area (Å²) < 4.78 is 23.1. The highest BCUT2D eigenvalue weighted by molar-refractivity contribution is 6.46. The Hall–Kier alpha value is -4.34. The van der Waals surface area contributed by atoms with Gasteiger partial charge in [-0.15, -0.1) is 0 Å². The van der Waals surface area contributed by atoms with Gasteiger partial charge in [-0.2, -0.15) is 0 Å². The van der Waals surface area contributed by atoms with Crippen LogP contribution in [0.4, 0.5) is 0 Å². The van der Waals surface area contributed by atoms with Crippen LogP contribution in [0, 0.1) is 0 Å². The molecule has 2 saturated heterocycles. The topological polar surface area (TPSA) is 99.0 Å². The fraction of sp³-hybridized carbons (Fsp3) is 0.353. The summed E-state index contributed by atoms with van der Waals surface area (Å²) in [5.74, 6) is 0.258. The maximum Gasteiger partial charge on any atom is 0.295 e. The van der Waals surface area contributed by atoms with E-state index in [1.165, 1.54) is 4.90 Å². The van der Waals surface area contributed by atoms with Gasteiger partial charge in [0.15, 0.2) is 11.5 Å². The van der Waals surface area contributed by atoms with Gasteiger partial charge in [-0.25, -0.2) is 0 Å². The number of Topliss-reactive ketones (excluding diaryl/α,β-unsaturated/α-hetero) is 1. The van der Waals surface area contributed by atoms with E-state index in [2.05, 4.69) is 0 Å². The first-order chi connectivity index (χ1) is 20.9. The first-order valence-electron chi connectivity index (χ1n) is 14.8. The first-order valence-corrected chi connectivity index (χ1v) is 14.8. The van der Waals surface area contributed by atoms with Crippen molar-refractivity contribution < 1.29 is 38.5 Å². The Bertz CT molecular complexity index is 1530. The van der Waals surface area contributed by atoms with Gasteiger partial charge in [0.1, 0.15) is 37.3 Å². The molecule has 3 aliphatic rings. The summed E-state index contributed by atoms with van der Waals surface area (Å²) in [5.41, 5.74) is 3.17. The molecule has 0 bridgehead atoms. The summed E-state index contributed by atoms with van der Waals surface area (Å²) in [5, 5.41) is 11.6. The Kier molecular flexibility index (Phi) is 8.35. The molecule has 3 heterocycles. The van der Waals surface area contributed by atoms with Crippen molar-refractivity contribution in [1.29, 1.82) is 0 Å². The Labute approximate surface area is 251 Å². The number of aliphatic hydroxyl groups is 1. The fourth-order valence-electron chi connectivity index (χ4n) is 6.08. The van der Waals surface area contributed by atoms with E-state index in [-0.39, 0.29) is 17.4 Å². The Balaban J connectivity index is 1.36. The molecular formula is C34H37N2O7+. The van der Waals surface area contributed by atoms with Crippen LogP contribution in [-0.2, 0) is 27.4 Å². The van der Waals surface area contributed by atoms with Gasteiger partial charge < -0.3 is 33.9 Å². The quantitative estimate of drug-likeness (QED) is 0.226. The summed E-state index contributed by atoms with van der Waals surface area (Å²) >= 11 is 0. The molecule has 0 saturated carbocycles. The monoisotopic (exact) mass is 585 g/mol. The molecule has 0 unspecified atom stereocenters. The number of hydrogen-bond donors (Lipinski definition) is 2. The number of ether oxygens (including phenoxy) is 4. The maximum atomic E-state index is 13.6. The van der Waals surface area contributed by atoms with Crippen LogP contribution < -0.4 is 19.1 Å². The van der Waals surface area contributed by atoms with E-state index in [4.69, 9.17) is 18.9 Å². The Morgan fingerprint density at radius 2 is 1.81 bits per heavy atom. The highest BCUT2D eigenvalue weighted by atomic mass is 16.5. The summed E-state index contributed by atoms with van der Waals surface area (Å²) in [6.45, 7) is 6.37. The van der Waals surface area contributed by atoms with Crippen LogP contribution >= 0.6 is 0 Å². The van der Waals surface area contributed by atoms with Gasteiger partial charge in [-0.3, -0.25) is 9.59 Å². The number of likely N-dealkylation sites (tertiary alicyclic amines) is 1. The SMILES string of the molecule is COc1cc([C@H]2C(=C(O)c3ccc4c(c3)C[C@H](C)O4)C(=O)C(=O)N2CC[NH+]2CCOCC2)ccc1OCc1ccccc1. The lowest BCUT2D eigenvalue weighted by molar-refractivity contribution is -0.907. The van der Waals surface area contributed by atoms with Crippen LogP contribution in [0.2, 0.25) is 0 Å². The molecule has 0 aromatic heterocycles. The molecule has 0 spiro atoms. The second-order valence-electron chi connectivity index (χ2n) is 11.2. The number of rotatable bonds is 9. The number of benzene rings is 3. The Morgan fingerprint density at radius 3 is 2.58 bits per heavy atom. The van der Waals surface area contributed by atoms with Crippen LogP contribution in [0.15, 0.2) is 72.3 Å². The van der Waals surface area contributed by atoms with Crippen molar-refractivity contribution in [1.82, 2.24) is 4.90 Å². The summed E-state index contributed by atoms with van der Waals surface area (Å²) in [4.78, 5) is 30.0. The molecular weight excluding hydrogens is 548 g/mol. The van der Waals surface area contributed by atoms with Gasteiger partial charge in [0, 0.05) is 12.0 Å². The molecule has 9 heteroatoms. The fourth-order valence-corrected chi connectivity index (χ4v) is 6.08. The zero-order chi connectivity index (χ0) is 29.9. The zero-order valence-corrected chi connectivity index (χ0v) is 24.5. The average molecular weight is 586 g/mol. The number of carbonyl (C=O) groups excluding carboxylic acids is 2. The lowest BCUT2D eigenvalue weighted by Crippen LogP contribution is -3.14. The summed E-state index contributed by atoms with van der Waals surface area (Å²) in [6.07, 6.45) is 0.744. The van der Waals surface area contributed by atoms with Gasteiger partial charge in [-0.05, 0) is 53.9 Å². The van der Waals surface area contributed by atoms with E-state index in [1.807, 2.05) is 55.5 Å². The summed E-state index contributed by atoms with van der Waals surface area (Å²) in [6, 6.07) is 19.8. The van der Waals surface area contributed by atoms with Crippen molar-refractivity contribution in [3.05, 3.63) is 94.6 Å². The predicted octanol–water partition coefficient (Wildman–Crippen LogP) is 2.93. The van der Waals surface area contributed by atoms with Gasteiger partial charge in [0.2, 0.25) is 0 Å². The molecule has 224 valence electrons. The third-order valence-electron chi connectivity index (χ3n) is 8.36. The molecule has 2 atom stereocenters. The molecule has 0 aliphatic carbocycles. The van der Waals surface area contributed by atoms with E-state index in [1.54, 1.807) is 30.2 Å². The number of ketones is 1. The standard InChI is InChI=1S/C34H36N2O7/c1-22-18-26-19-25(9-10-27(26)43-22)32(37)30-31(36(34(39)33(30)38)13-12-35-14-16-41-17-15-35)24-8-11-28(29(20-24)40-2)42-21-23-6-4-3-5-7-23/h3-11,19-20,22,31,37H,12-18,21H2,1-2H3/p+1/t22-,31-/m0/s1. The average Bonchev–Trinajstić information content (AvgIpc) is 3.54. The van der Waals surface area contributed by atoms with E-state index < -0.39 is 17.7 Å². The predicted molar refractivity (Wildman–Crippen MR) is 159 cm³/mol. The lowest BCUT2D eigenvalue weighted by atomic mass is 9.94. The zero-order valence-electron chi connectivity index (χ0n) is 24.5. The second-order valence-corrected chi connectivity index (χ2v) is 11.2. The van der Waals surface area contributed by atoms with Crippen molar-refractivity contribution >= 4 is 17.4 Å². The van der Waals surface area contributed by atoms with Crippen molar-refractivity contribution in [2.75, 3.05) is 46.5 Å². The number of hydrogen-bond acceptors (Lipinski definition) is 7. The molecule has 6 rings (SSSR count). The number of nitrogens with one attached hydrogen (secondary N) is 1. The molecule has 3 aliphatic heterocycles. The molecule has 0 radical (unpaired) electrons. The largest absolute Gasteiger partial charge is 0.507 e. The number of nitrogens with zero attached hydrogens (tertiary/aromatic N) is 1. The van der Waals surface area contributed by atoms with E-state index >= 15 is 0 Å². The molecule has 3 aromatic carbocycles. The number of morpholine rings is 1. The van der Waals surface area contributed by atoms with Crippen LogP contribution in [0.25, 0.3) is 5.76 Å². The van der Waals surface area contributed by atoms with Gasteiger partial charge in [-0.1, -0.05) is 36.4 Å². The lowest BCUT2D eigenvalue weighted by Gasteiger charge is -2.29. The third-order valence-corrected chi connectivity index (χ3v) is 8.36. The van der Waals surface area contributed by atoms with Crippen molar-refractivity contribution in [3.63, 3.8) is 0 Å². The minimum absolute atomic E-state index is 0.0377. The minimum Gasteiger partial charge on any atom is -0.507 e. The number of methoxy groups -OCH3 is 1. The number of quaternary nitrogens is 1. The normalized spacial score (nSPS) is 21.5. The third kappa shape index (κ3) is 5.96. The highest BCUT2D eigenvalue weighted by Gasteiger charge is 2.46. The van der Waals surface area contributed by atoms with Crippen LogP contribution in [0.3, 0.4) is 0 Å². The van der Waals surface area contributed by atoms with E-state index in [9.17, 15) is 14.7 Å². The molecule has 9 nitrogen and oxygen atoms in total. The molecule has 2 fully saturated rings. The second kappa shape index (κ2) is 12.5. The smallest absolute Gasteiger partial charge is 0.295 e. The van der Waals surface area contributed by atoms with Crippen LogP contribution in [-0.4, -0.2) is 74.3 Å². The number of amides is 1. The first kappa shape index (κ1) is 28.8. The number of aliphatic hydroxyl groups excluding tert-OH is 1. The van der Waals surface area contributed by atoms with Gasteiger partial charge in [0.05, 0.1) is 45.0 Å². The van der Waals surface area contributed by atoms with Crippen molar-refractivity contribution in [3.8, 4) is 17.2 Å². The molecule has 1 amide bonds. The van der Waals surface area contributed by atoms with E-state index in [0.29, 0.717) is 62.0 Å². The number of fused-ring (bicyclic) bond motifs is 1. The minimum atomic E-state index is -0.791. The summed E-state index contributed by atoms with van der Waals surface area (Å²) in [7, 11) is 1.56. The Morgan fingerprint density at radius 1 is 1.02 bits per heavy atom.